The van der Waals surface area contributed by atoms with Crippen LogP contribution in [0.2, 0.25) is 25.7 Å². The van der Waals surface area contributed by atoms with E-state index in [-0.39, 0.29) is 0 Å². The summed E-state index contributed by atoms with van der Waals surface area (Å²) in [6.07, 6.45) is 6.70. The Hall–Kier alpha value is -0.0431. The van der Waals surface area contributed by atoms with Crippen LogP contribution in [0.4, 0.5) is 0 Å². The van der Waals surface area contributed by atoms with Crippen molar-refractivity contribution < 1.29 is 0 Å². The average molecular weight is 196 g/mol. The van der Waals surface area contributed by atoms with Crippen LogP contribution in [0, 0.1) is 5.41 Å². The quantitative estimate of drug-likeness (QED) is 0.452. The third kappa shape index (κ3) is 4.12. The minimum atomic E-state index is -0.875. The molecule has 0 saturated carbocycles. The molecule has 0 aromatic carbocycles. The van der Waals surface area contributed by atoms with Crippen molar-refractivity contribution in [2.24, 2.45) is 5.41 Å². The van der Waals surface area contributed by atoms with Crippen molar-refractivity contribution in [3.05, 3.63) is 11.6 Å². The molecule has 0 unspecified atom stereocenters. The maximum atomic E-state index is 2.55. The van der Waals surface area contributed by atoms with E-state index in [0.29, 0.717) is 5.41 Å². The van der Waals surface area contributed by atoms with E-state index in [4.69, 9.17) is 0 Å². The van der Waals surface area contributed by atoms with Gasteiger partial charge in [-0.3, -0.25) is 0 Å². The van der Waals surface area contributed by atoms with Crippen molar-refractivity contribution in [1.82, 2.24) is 0 Å². The summed E-state index contributed by atoms with van der Waals surface area (Å²) in [6, 6.07) is 1.41. The number of hydrogen-bond acceptors (Lipinski definition) is 0. The first kappa shape index (κ1) is 11.0. The summed E-state index contributed by atoms with van der Waals surface area (Å²) in [5.41, 5.74) is 2.23. The second-order valence-corrected chi connectivity index (χ2v) is 11.9. The maximum absolute atomic E-state index is 2.55. The SMILES string of the molecule is CC1(C)C=C(C[Si](C)(C)C)CCC1. The van der Waals surface area contributed by atoms with Gasteiger partial charge >= 0.3 is 0 Å². The molecular weight excluding hydrogens is 172 g/mol. The summed E-state index contributed by atoms with van der Waals surface area (Å²) in [7, 11) is -0.875. The highest BCUT2D eigenvalue weighted by atomic mass is 28.3. The average Bonchev–Trinajstić information content (AvgIpc) is 1.79. The maximum Gasteiger partial charge on any atom is 0.0483 e. The molecular formula is C12H24Si. The highest BCUT2D eigenvalue weighted by Gasteiger charge is 2.23. The first-order chi connectivity index (χ1) is 5.79. The smallest absolute Gasteiger partial charge is 0.0483 e. The number of allylic oxidation sites excluding steroid dienone is 2. The minimum Gasteiger partial charge on any atom is -0.0799 e. The largest absolute Gasteiger partial charge is 0.0799 e. The summed E-state index contributed by atoms with van der Waals surface area (Å²) >= 11 is 0. The Kier molecular flexibility index (Phi) is 3.06. The lowest BCUT2D eigenvalue weighted by molar-refractivity contribution is 0.397. The summed E-state index contributed by atoms with van der Waals surface area (Å²) < 4.78 is 0. The van der Waals surface area contributed by atoms with Gasteiger partial charge in [0.2, 0.25) is 0 Å². The van der Waals surface area contributed by atoms with E-state index in [9.17, 15) is 0 Å². The van der Waals surface area contributed by atoms with Gasteiger partial charge in [0.05, 0.1) is 0 Å². The van der Waals surface area contributed by atoms with E-state index in [1.807, 2.05) is 0 Å². The third-order valence-corrected chi connectivity index (χ3v) is 4.19. The standard InChI is InChI=1S/C12H24Si/c1-12(2)8-6-7-11(9-12)10-13(3,4)5/h9H,6-8,10H2,1-5H3. The third-order valence-electron chi connectivity index (χ3n) is 2.67. The van der Waals surface area contributed by atoms with Gasteiger partial charge in [-0.05, 0) is 30.7 Å². The van der Waals surface area contributed by atoms with E-state index >= 15 is 0 Å². The molecule has 0 heterocycles. The Morgan fingerprint density at radius 3 is 2.38 bits per heavy atom. The molecule has 0 radical (unpaired) electrons. The molecule has 0 aliphatic heterocycles. The Bertz CT molecular complexity index is 206. The molecule has 0 atom stereocenters. The second-order valence-electron chi connectivity index (χ2n) is 6.38. The van der Waals surface area contributed by atoms with Crippen LogP contribution in [0.3, 0.4) is 0 Å². The van der Waals surface area contributed by atoms with Crippen molar-refractivity contribution in [3.63, 3.8) is 0 Å². The van der Waals surface area contributed by atoms with E-state index in [1.165, 1.54) is 25.3 Å². The van der Waals surface area contributed by atoms with Crippen LogP contribution in [0.5, 0.6) is 0 Å². The van der Waals surface area contributed by atoms with Gasteiger partial charge in [-0.25, -0.2) is 0 Å². The van der Waals surface area contributed by atoms with Gasteiger partial charge in [0.25, 0.3) is 0 Å². The lowest BCUT2D eigenvalue weighted by Crippen LogP contribution is -2.22. The Labute approximate surface area is 84.4 Å². The van der Waals surface area contributed by atoms with Gasteiger partial charge in [0, 0.05) is 8.07 Å². The van der Waals surface area contributed by atoms with Gasteiger partial charge < -0.3 is 0 Å². The molecule has 0 nitrogen and oxygen atoms in total. The van der Waals surface area contributed by atoms with Crippen molar-refractivity contribution >= 4 is 8.07 Å². The normalized spacial score (nSPS) is 22.7. The first-order valence-corrected chi connectivity index (χ1v) is 9.20. The summed E-state index contributed by atoms with van der Waals surface area (Å²) in [5, 5.41) is 0. The molecule has 0 aromatic rings. The molecule has 0 N–H and O–H groups in total. The summed E-state index contributed by atoms with van der Waals surface area (Å²) in [5.74, 6) is 0. The molecule has 1 heteroatoms. The minimum absolute atomic E-state index is 0.479. The lowest BCUT2D eigenvalue weighted by Gasteiger charge is -2.30. The predicted molar refractivity (Wildman–Crippen MR) is 63.9 cm³/mol. The molecule has 1 aliphatic carbocycles. The Morgan fingerprint density at radius 2 is 1.92 bits per heavy atom. The van der Waals surface area contributed by atoms with Gasteiger partial charge in [-0.15, -0.1) is 0 Å². The molecule has 0 saturated heterocycles. The van der Waals surface area contributed by atoms with E-state index in [2.05, 4.69) is 39.6 Å². The van der Waals surface area contributed by atoms with Crippen LogP contribution in [-0.4, -0.2) is 8.07 Å². The van der Waals surface area contributed by atoms with Crippen LogP contribution >= 0.6 is 0 Å². The van der Waals surface area contributed by atoms with E-state index in [1.54, 1.807) is 5.57 Å². The van der Waals surface area contributed by atoms with Crippen LogP contribution in [0.25, 0.3) is 0 Å². The van der Waals surface area contributed by atoms with Gasteiger partial charge in [-0.1, -0.05) is 45.1 Å². The van der Waals surface area contributed by atoms with Crippen molar-refractivity contribution in [2.45, 2.75) is 58.8 Å². The van der Waals surface area contributed by atoms with Crippen LogP contribution in [0.15, 0.2) is 11.6 Å². The molecule has 0 amide bonds. The fraction of sp³-hybridized carbons (Fsp3) is 0.833. The number of hydrogen-bond donors (Lipinski definition) is 0. The molecule has 13 heavy (non-hydrogen) atoms. The fourth-order valence-corrected chi connectivity index (χ4v) is 3.93. The predicted octanol–water partition coefficient (Wildman–Crippen LogP) is 4.46. The van der Waals surface area contributed by atoms with Crippen LogP contribution in [-0.2, 0) is 0 Å². The zero-order valence-electron chi connectivity index (χ0n) is 9.91. The first-order valence-electron chi connectivity index (χ1n) is 5.49. The topological polar surface area (TPSA) is 0 Å². The molecule has 0 bridgehead atoms. The second kappa shape index (κ2) is 3.60. The molecule has 0 spiro atoms. The van der Waals surface area contributed by atoms with Crippen LogP contribution in [0.1, 0.15) is 33.1 Å². The zero-order valence-corrected chi connectivity index (χ0v) is 10.9. The summed E-state index contributed by atoms with van der Waals surface area (Å²) in [6.45, 7) is 12.1. The molecule has 1 rings (SSSR count). The van der Waals surface area contributed by atoms with E-state index in [0.717, 1.165) is 0 Å². The Balaban J connectivity index is 2.65. The Morgan fingerprint density at radius 1 is 1.31 bits per heavy atom. The zero-order chi connectivity index (χ0) is 10.1. The van der Waals surface area contributed by atoms with Crippen molar-refractivity contribution in [2.75, 3.05) is 0 Å². The van der Waals surface area contributed by atoms with Crippen molar-refractivity contribution in [1.29, 1.82) is 0 Å². The fourth-order valence-electron chi connectivity index (χ4n) is 2.29. The van der Waals surface area contributed by atoms with Crippen molar-refractivity contribution in [3.8, 4) is 0 Å². The van der Waals surface area contributed by atoms with E-state index < -0.39 is 8.07 Å². The molecule has 0 aromatic heterocycles. The molecule has 76 valence electrons. The highest BCUT2D eigenvalue weighted by molar-refractivity contribution is 6.76. The van der Waals surface area contributed by atoms with Gasteiger partial charge in [0.1, 0.15) is 0 Å². The monoisotopic (exact) mass is 196 g/mol. The molecule has 1 aliphatic rings. The lowest BCUT2D eigenvalue weighted by atomic mass is 9.80. The van der Waals surface area contributed by atoms with Gasteiger partial charge in [-0.2, -0.15) is 0 Å². The van der Waals surface area contributed by atoms with Gasteiger partial charge in [0.15, 0.2) is 0 Å². The highest BCUT2D eigenvalue weighted by Crippen LogP contribution is 2.36. The van der Waals surface area contributed by atoms with Crippen LogP contribution < -0.4 is 0 Å². The molecule has 0 fully saturated rings. The summed E-state index contributed by atoms with van der Waals surface area (Å²) in [4.78, 5) is 0. The number of rotatable bonds is 2.